The van der Waals surface area contributed by atoms with Crippen molar-refractivity contribution in [2.45, 2.75) is 44.4 Å². The predicted molar refractivity (Wildman–Crippen MR) is 57.1 cm³/mol. The first-order chi connectivity index (χ1) is 6.41. The van der Waals surface area contributed by atoms with Gasteiger partial charge >= 0.3 is 0 Å². The maximum atomic E-state index is 11.6. The molecule has 14 heavy (non-hydrogen) atoms. The number of hydrogen-bond donors (Lipinski definition) is 2. The number of nitrogens with one attached hydrogen (secondary N) is 2. The van der Waals surface area contributed by atoms with E-state index in [0.717, 1.165) is 19.4 Å². The Morgan fingerprint density at radius 3 is 2.57 bits per heavy atom. The standard InChI is InChI=1S/C9H18N2O2S/c1-9(2,3)14(13)11-8(12)7-5-4-6-10-7/h7,10H,4-6H2,1-3H3,(H,11,12)/t7-,14?/m1/s1. The van der Waals surface area contributed by atoms with Gasteiger partial charge in [-0.25, -0.2) is 4.21 Å². The van der Waals surface area contributed by atoms with E-state index in [9.17, 15) is 9.00 Å². The zero-order valence-corrected chi connectivity index (χ0v) is 9.74. The average Bonchev–Trinajstić information content (AvgIpc) is 2.53. The van der Waals surface area contributed by atoms with Crippen molar-refractivity contribution in [3.05, 3.63) is 0 Å². The monoisotopic (exact) mass is 218 g/mol. The molecule has 0 aromatic carbocycles. The van der Waals surface area contributed by atoms with E-state index in [2.05, 4.69) is 10.0 Å². The molecule has 2 N–H and O–H groups in total. The Morgan fingerprint density at radius 1 is 1.50 bits per heavy atom. The van der Waals surface area contributed by atoms with Crippen molar-refractivity contribution in [2.24, 2.45) is 0 Å². The lowest BCUT2D eigenvalue weighted by Crippen LogP contribution is -2.45. The SMILES string of the molecule is CC(C)(C)S(=O)NC(=O)[C@H]1CCCN1. The Balaban J connectivity index is 2.44. The summed E-state index contributed by atoms with van der Waals surface area (Å²) in [6, 6.07) is -0.152. The maximum Gasteiger partial charge on any atom is 0.248 e. The molecule has 1 saturated heterocycles. The van der Waals surface area contributed by atoms with Gasteiger partial charge in [-0.1, -0.05) is 0 Å². The minimum atomic E-state index is -1.30. The van der Waals surface area contributed by atoms with E-state index in [4.69, 9.17) is 0 Å². The van der Waals surface area contributed by atoms with Crippen LogP contribution >= 0.6 is 0 Å². The molecule has 0 radical (unpaired) electrons. The van der Waals surface area contributed by atoms with Crippen LogP contribution < -0.4 is 10.0 Å². The van der Waals surface area contributed by atoms with Gasteiger partial charge in [0.25, 0.3) is 0 Å². The highest BCUT2D eigenvalue weighted by Gasteiger charge is 2.27. The summed E-state index contributed by atoms with van der Waals surface area (Å²) in [4.78, 5) is 11.5. The van der Waals surface area contributed by atoms with Crippen LogP contribution in [0.2, 0.25) is 0 Å². The van der Waals surface area contributed by atoms with E-state index in [1.54, 1.807) is 0 Å². The molecule has 1 unspecified atom stereocenters. The van der Waals surface area contributed by atoms with E-state index in [1.165, 1.54) is 0 Å². The zero-order valence-electron chi connectivity index (χ0n) is 8.92. The lowest BCUT2D eigenvalue weighted by atomic mass is 10.2. The smallest absolute Gasteiger partial charge is 0.248 e. The van der Waals surface area contributed by atoms with Gasteiger partial charge in [-0.2, -0.15) is 0 Å². The van der Waals surface area contributed by atoms with Crippen molar-refractivity contribution in [1.29, 1.82) is 0 Å². The lowest BCUT2D eigenvalue weighted by Gasteiger charge is -2.19. The number of amides is 1. The normalized spacial score (nSPS) is 24.6. The Morgan fingerprint density at radius 2 is 2.14 bits per heavy atom. The maximum absolute atomic E-state index is 11.6. The molecule has 82 valence electrons. The second kappa shape index (κ2) is 4.40. The number of carbonyl (C=O) groups is 1. The number of hydrogen-bond acceptors (Lipinski definition) is 3. The topological polar surface area (TPSA) is 58.2 Å². The molecule has 4 nitrogen and oxygen atoms in total. The van der Waals surface area contributed by atoms with Crippen LogP contribution in [0.3, 0.4) is 0 Å². The van der Waals surface area contributed by atoms with Crippen molar-refractivity contribution in [3.63, 3.8) is 0 Å². The summed E-state index contributed by atoms with van der Waals surface area (Å²) >= 11 is 0. The molecule has 2 atom stereocenters. The Kier molecular flexibility index (Phi) is 3.66. The van der Waals surface area contributed by atoms with Crippen LogP contribution in [0.4, 0.5) is 0 Å². The van der Waals surface area contributed by atoms with Crippen molar-refractivity contribution in [1.82, 2.24) is 10.0 Å². The summed E-state index contributed by atoms with van der Waals surface area (Å²) in [7, 11) is -1.30. The van der Waals surface area contributed by atoms with E-state index in [-0.39, 0.29) is 11.9 Å². The second-order valence-corrected chi connectivity index (χ2v) is 6.46. The van der Waals surface area contributed by atoms with Gasteiger partial charge in [0.2, 0.25) is 5.91 Å². The zero-order chi connectivity index (χ0) is 10.8. The Labute approximate surface area is 87.4 Å². The van der Waals surface area contributed by atoms with Gasteiger partial charge in [-0.15, -0.1) is 0 Å². The van der Waals surface area contributed by atoms with Crippen LogP contribution in [0.25, 0.3) is 0 Å². The van der Waals surface area contributed by atoms with Gasteiger partial charge in [0, 0.05) is 0 Å². The van der Waals surface area contributed by atoms with Gasteiger partial charge in [0.15, 0.2) is 0 Å². The largest absolute Gasteiger partial charge is 0.306 e. The summed E-state index contributed by atoms with van der Waals surface area (Å²) < 4.78 is 13.7. The molecule has 0 aromatic heterocycles. The lowest BCUT2D eigenvalue weighted by molar-refractivity contribution is -0.120. The Bertz CT molecular complexity index is 242. The van der Waals surface area contributed by atoms with Crippen LogP contribution in [-0.2, 0) is 15.8 Å². The highest BCUT2D eigenvalue weighted by Crippen LogP contribution is 2.10. The van der Waals surface area contributed by atoms with E-state index < -0.39 is 15.7 Å². The fourth-order valence-corrected chi connectivity index (χ4v) is 1.86. The fraction of sp³-hybridized carbons (Fsp3) is 0.889. The molecule has 5 heteroatoms. The van der Waals surface area contributed by atoms with Crippen LogP contribution in [0, 0.1) is 0 Å². The minimum absolute atomic E-state index is 0.143. The predicted octanol–water partition coefficient (Wildman–Crippen LogP) is 0.317. The molecule has 1 heterocycles. The first kappa shape index (κ1) is 11.7. The number of rotatable bonds is 2. The van der Waals surface area contributed by atoms with Crippen LogP contribution in [0.5, 0.6) is 0 Å². The summed E-state index contributed by atoms with van der Waals surface area (Å²) in [5.74, 6) is -0.143. The molecular formula is C9H18N2O2S. The Hall–Kier alpha value is -0.420. The van der Waals surface area contributed by atoms with E-state index in [1.807, 2.05) is 20.8 Å². The van der Waals surface area contributed by atoms with Crippen LogP contribution in [-0.4, -0.2) is 27.4 Å². The first-order valence-corrected chi connectivity index (χ1v) is 6.02. The van der Waals surface area contributed by atoms with Gasteiger partial charge in [0.05, 0.1) is 10.8 Å². The van der Waals surface area contributed by atoms with Crippen molar-refractivity contribution >= 4 is 16.9 Å². The van der Waals surface area contributed by atoms with Gasteiger partial charge < -0.3 is 5.32 Å². The molecule has 1 fully saturated rings. The molecule has 0 bridgehead atoms. The van der Waals surface area contributed by atoms with E-state index >= 15 is 0 Å². The highest BCUT2D eigenvalue weighted by molar-refractivity contribution is 7.85. The van der Waals surface area contributed by atoms with Crippen molar-refractivity contribution in [3.8, 4) is 0 Å². The summed E-state index contributed by atoms with van der Waals surface area (Å²) in [6.45, 7) is 6.39. The summed E-state index contributed by atoms with van der Waals surface area (Å²) in [5, 5.41) is 3.07. The van der Waals surface area contributed by atoms with Gasteiger partial charge in [0.1, 0.15) is 11.0 Å². The summed E-state index contributed by atoms with van der Waals surface area (Å²) in [5.41, 5.74) is 0. The second-order valence-electron chi connectivity index (χ2n) is 4.50. The third kappa shape index (κ3) is 3.06. The molecule has 0 aliphatic carbocycles. The average molecular weight is 218 g/mol. The van der Waals surface area contributed by atoms with Gasteiger partial charge in [-0.3, -0.25) is 9.52 Å². The van der Waals surface area contributed by atoms with Crippen molar-refractivity contribution < 1.29 is 9.00 Å². The van der Waals surface area contributed by atoms with Crippen LogP contribution in [0.1, 0.15) is 33.6 Å². The molecule has 1 aliphatic rings. The third-order valence-corrected chi connectivity index (χ3v) is 3.63. The third-order valence-electron chi connectivity index (χ3n) is 2.13. The first-order valence-electron chi connectivity index (χ1n) is 4.87. The summed E-state index contributed by atoms with van der Waals surface area (Å²) in [6.07, 6.45) is 1.85. The minimum Gasteiger partial charge on any atom is -0.306 e. The molecule has 0 spiro atoms. The van der Waals surface area contributed by atoms with Gasteiger partial charge in [-0.05, 0) is 40.2 Å². The molecule has 1 amide bonds. The molecule has 1 rings (SSSR count). The highest BCUT2D eigenvalue weighted by atomic mass is 32.2. The van der Waals surface area contributed by atoms with Crippen molar-refractivity contribution in [2.75, 3.05) is 6.54 Å². The molecule has 0 aromatic rings. The molecular weight excluding hydrogens is 200 g/mol. The molecule has 0 saturated carbocycles. The number of carbonyl (C=O) groups excluding carboxylic acids is 1. The fourth-order valence-electron chi connectivity index (χ4n) is 1.22. The van der Waals surface area contributed by atoms with E-state index in [0.29, 0.717) is 0 Å². The quantitative estimate of drug-likeness (QED) is 0.701. The molecule has 1 aliphatic heterocycles. The van der Waals surface area contributed by atoms with Crippen LogP contribution in [0.15, 0.2) is 0 Å².